The van der Waals surface area contributed by atoms with Gasteiger partial charge in [-0.25, -0.2) is 9.97 Å². The van der Waals surface area contributed by atoms with Gasteiger partial charge in [-0.15, -0.1) is 0 Å². The molecule has 1 fully saturated rings. The van der Waals surface area contributed by atoms with Gasteiger partial charge in [0.1, 0.15) is 13.2 Å². The standard InChI is InChI=1S/C22H24N4O4/c1-15-13-23-9-10-26(15)21-22(25-17-6-3-2-5-16(17)24-21)28-12-11-27-18-7-4-8-19-20(18)30-14-29-19/h2-8,15,23H,9-14H2,1H3. The molecule has 8 heteroatoms. The lowest BCUT2D eigenvalue weighted by molar-refractivity contribution is 0.166. The number of rotatable bonds is 6. The van der Waals surface area contributed by atoms with Crippen molar-refractivity contribution < 1.29 is 18.9 Å². The molecule has 1 atom stereocenters. The van der Waals surface area contributed by atoms with Crippen LogP contribution in [0.5, 0.6) is 23.1 Å². The van der Waals surface area contributed by atoms with Crippen LogP contribution < -0.4 is 29.2 Å². The normalized spacial score (nSPS) is 17.9. The number of ether oxygens (including phenoxy) is 4. The molecule has 1 aromatic heterocycles. The smallest absolute Gasteiger partial charge is 0.258 e. The van der Waals surface area contributed by atoms with Crippen LogP contribution in [0.25, 0.3) is 11.0 Å². The van der Waals surface area contributed by atoms with Crippen LogP contribution >= 0.6 is 0 Å². The van der Waals surface area contributed by atoms with E-state index in [4.69, 9.17) is 28.9 Å². The van der Waals surface area contributed by atoms with E-state index in [2.05, 4.69) is 17.1 Å². The van der Waals surface area contributed by atoms with E-state index in [-0.39, 0.29) is 6.79 Å². The van der Waals surface area contributed by atoms with Gasteiger partial charge in [-0.2, -0.15) is 0 Å². The molecule has 5 rings (SSSR count). The topological polar surface area (TPSA) is 78.0 Å². The van der Waals surface area contributed by atoms with Gasteiger partial charge in [0.05, 0.1) is 11.0 Å². The highest BCUT2D eigenvalue weighted by molar-refractivity contribution is 5.77. The van der Waals surface area contributed by atoms with Crippen LogP contribution in [0.4, 0.5) is 5.82 Å². The SMILES string of the molecule is CC1CNCCN1c1nc2ccccc2nc1OCCOc1cccc2c1OCO2. The minimum Gasteiger partial charge on any atom is -0.486 e. The van der Waals surface area contributed by atoms with E-state index < -0.39 is 0 Å². The van der Waals surface area contributed by atoms with Gasteiger partial charge in [-0.1, -0.05) is 18.2 Å². The van der Waals surface area contributed by atoms with Crippen LogP contribution in [-0.2, 0) is 0 Å². The Balaban J connectivity index is 1.33. The number of anilines is 1. The fourth-order valence-electron chi connectivity index (χ4n) is 3.72. The highest BCUT2D eigenvalue weighted by Gasteiger charge is 2.24. The summed E-state index contributed by atoms with van der Waals surface area (Å²) in [6.07, 6.45) is 0. The predicted octanol–water partition coefficient (Wildman–Crippen LogP) is 2.61. The highest BCUT2D eigenvalue weighted by Crippen LogP contribution is 2.40. The first-order chi connectivity index (χ1) is 14.8. The molecule has 1 saturated heterocycles. The van der Waals surface area contributed by atoms with Crippen LogP contribution in [0, 0.1) is 0 Å². The van der Waals surface area contributed by atoms with Gasteiger partial charge in [0.2, 0.25) is 12.5 Å². The zero-order valence-electron chi connectivity index (χ0n) is 16.8. The van der Waals surface area contributed by atoms with Crippen molar-refractivity contribution in [3.05, 3.63) is 42.5 Å². The molecule has 3 heterocycles. The van der Waals surface area contributed by atoms with Gasteiger partial charge in [0.25, 0.3) is 5.88 Å². The Morgan fingerprint density at radius 3 is 2.73 bits per heavy atom. The zero-order chi connectivity index (χ0) is 20.3. The Hall–Kier alpha value is -3.26. The van der Waals surface area contributed by atoms with Crippen molar-refractivity contribution in [2.45, 2.75) is 13.0 Å². The van der Waals surface area contributed by atoms with Crippen molar-refractivity contribution in [3.63, 3.8) is 0 Å². The first-order valence-corrected chi connectivity index (χ1v) is 10.2. The number of nitrogens with one attached hydrogen (secondary N) is 1. The average molecular weight is 408 g/mol. The third-order valence-electron chi connectivity index (χ3n) is 5.23. The molecular formula is C22H24N4O4. The Bertz CT molecular complexity index is 1040. The number of benzene rings is 2. The summed E-state index contributed by atoms with van der Waals surface area (Å²) in [7, 11) is 0. The molecule has 2 aliphatic heterocycles. The molecule has 0 bridgehead atoms. The minimum absolute atomic E-state index is 0.213. The lowest BCUT2D eigenvalue weighted by Gasteiger charge is -2.35. The third-order valence-corrected chi connectivity index (χ3v) is 5.23. The molecule has 0 radical (unpaired) electrons. The summed E-state index contributed by atoms with van der Waals surface area (Å²) in [5.74, 6) is 3.29. The fraction of sp³-hybridized carbons (Fsp3) is 0.364. The lowest BCUT2D eigenvalue weighted by Crippen LogP contribution is -2.50. The molecule has 1 unspecified atom stereocenters. The van der Waals surface area contributed by atoms with Gasteiger partial charge in [-0.05, 0) is 31.2 Å². The van der Waals surface area contributed by atoms with E-state index in [0.29, 0.717) is 42.4 Å². The summed E-state index contributed by atoms with van der Waals surface area (Å²) in [6, 6.07) is 13.7. The summed E-state index contributed by atoms with van der Waals surface area (Å²) in [4.78, 5) is 11.9. The van der Waals surface area contributed by atoms with E-state index >= 15 is 0 Å². The molecular weight excluding hydrogens is 384 g/mol. The highest BCUT2D eigenvalue weighted by atomic mass is 16.7. The Morgan fingerprint density at radius 1 is 1.03 bits per heavy atom. The second kappa shape index (κ2) is 8.23. The van der Waals surface area contributed by atoms with Gasteiger partial charge >= 0.3 is 0 Å². The summed E-state index contributed by atoms with van der Waals surface area (Å²) >= 11 is 0. The Kier molecular flexibility index (Phi) is 5.15. The molecule has 0 aliphatic carbocycles. The maximum Gasteiger partial charge on any atom is 0.258 e. The lowest BCUT2D eigenvalue weighted by atomic mass is 10.2. The first kappa shape index (κ1) is 18.7. The van der Waals surface area contributed by atoms with E-state index in [0.717, 1.165) is 36.5 Å². The maximum atomic E-state index is 6.06. The Morgan fingerprint density at radius 2 is 1.87 bits per heavy atom. The summed E-state index contributed by atoms with van der Waals surface area (Å²) in [6.45, 7) is 5.74. The number of hydrogen-bond donors (Lipinski definition) is 1. The van der Waals surface area contributed by atoms with Crippen LogP contribution in [0.1, 0.15) is 6.92 Å². The van der Waals surface area contributed by atoms with Crippen LogP contribution in [0.15, 0.2) is 42.5 Å². The number of aromatic nitrogens is 2. The maximum absolute atomic E-state index is 6.06. The number of hydrogen-bond acceptors (Lipinski definition) is 8. The molecule has 0 saturated carbocycles. The quantitative estimate of drug-likeness (QED) is 0.624. The van der Waals surface area contributed by atoms with Crippen LogP contribution in [0.3, 0.4) is 0 Å². The summed E-state index contributed by atoms with van der Waals surface area (Å²) < 4.78 is 22.8. The fourth-order valence-corrected chi connectivity index (χ4v) is 3.72. The average Bonchev–Trinajstić information content (AvgIpc) is 3.26. The van der Waals surface area contributed by atoms with E-state index in [1.807, 2.05) is 42.5 Å². The molecule has 0 amide bonds. The molecule has 8 nitrogen and oxygen atoms in total. The number of fused-ring (bicyclic) bond motifs is 2. The van der Waals surface area contributed by atoms with Crippen molar-refractivity contribution in [1.29, 1.82) is 0 Å². The van der Waals surface area contributed by atoms with Crippen molar-refractivity contribution in [2.75, 3.05) is 44.5 Å². The molecule has 1 N–H and O–H groups in total. The first-order valence-electron chi connectivity index (χ1n) is 10.2. The Labute approximate surface area is 174 Å². The second-order valence-corrected chi connectivity index (χ2v) is 7.27. The van der Waals surface area contributed by atoms with Crippen molar-refractivity contribution >= 4 is 16.9 Å². The number of piperazine rings is 1. The van der Waals surface area contributed by atoms with Crippen molar-refractivity contribution in [2.24, 2.45) is 0 Å². The van der Waals surface area contributed by atoms with Gasteiger partial charge in [0.15, 0.2) is 17.3 Å². The van der Waals surface area contributed by atoms with Crippen LogP contribution in [0.2, 0.25) is 0 Å². The predicted molar refractivity (Wildman–Crippen MR) is 113 cm³/mol. The van der Waals surface area contributed by atoms with E-state index in [9.17, 15) is 0 Å². The largest absolute Gasteiger partial charge is 0.486 e. The summed E-state index contributed by atoms with van der Waals surface area (Å²) in [5, 5.41) is 3.41. The van der Waals surface area contributed by atoms with Gasteiger partial charge in [-0.3, -0.25) is 0 Å². The molecule has 156 valence electrons. The minimum atomic E-state index is 0.213. The second-order valence-electron chi connectivity index (χ2n) is 7.27. The number of nitrogens with zero attached hydrogens (tertiary/aromatic N) is 3. The molecule has 3 aromatic rings. The summed E-state index contributed by atoms with van der Waals surface area (Å²) in [5.41, 5.74) is 1.67. The van der Waals surface area contributed by atoms with E-state index in [1.165, 1.54) is 0 Å². The molecule has 30 heavy (non-hydrogen) atoms. The molecule has 2 aromatic carbocycles. The van der Waals surface area contributed by atoms with Gasteiger partial charge in [0, 0.05) is 25.7 Å². The third kappa shape index (κ3) is 3.66. The monoisotopic (exact) mass is 408 g/mol. The van der Waals surface area contributed by atoms with Crippen molar-refractivity contribution in [1.82, 2.24) is 15.3 Å². The van der Waals surface area contributed by atoms with Crippen LogP contribution in [-0.4, -0.2) is 55.7 Å². The van der Waals surface area contributed by atoms with Crippen molar-refractivity contribution in [3.8, 4) is 23.1 Å². The molecule has 2 aliphatic rings. The van der Waals surface area contributed by atoms with E-state index in [1.54, 1.807) is 0 Å². The van der Waals surface area contributed by atoms with Gasteiger partial charge < -0.3 is 29.2 Å². The molecule has 0 spiro atoms. The number of para-hydroxylation sites is 3. The zero-order valence-corrected chi connectivity index (χ0v) is 16.8.